The number of fused-ring (bicyclic) bond motifs is 1. The van der Waals surface area contributed by atoms with Gasteiger partial charge in [-0.2, -0.15) is 0 Å². The summed E-state index contributed by atoms with van der Waals surface area (Å²) in [5.74, 6) is 0. The van der Waals surface area contributed by atoms with Crippen LogP contribution in [0.3, 0.4) is 0 Å². The maximum absolute atomic E-state index is 10.2. The Morgan fingerprint density at radius 1 is 1.05 bits per heavy atom. The Morgan fingerprint density at radius 3 is 2.58 bits per heavy atom. The van der Waals surface area contributed by atoms with Crippen LogP contribution >= 0.6 is 11.3 Å². The highest BCUT2D eigenvalue weighted by molar-refractivity contribution is 7.19. The average molecular weight is 276 g/mol. The summed E-state index contributed by atoms with van der Waals surface area (Å²) in [6, 6.07) is 10.5. The van der Waals surface area contributed by atoms with Gasteiger partial charge < -0.3 is 5.11 Å². The van der Waals surface area contributed by atoms with Gasteiger partial charge in [0.2, 0.25) is 0 Å². The van der Waals surface area contributed by atoms with E-state index in [0.29, 0.717) is 0 Å². The lowest BCUT2D eigenvalue weighted by molar-refractivity contribution is 0.167. The standard InChI is InChI=1S/C17H24OS/c1-2-3-4-5-6-7-11-15(18)17-13-14-10-8-9-12-16(14)19-17/h8-10,12-13,15,18H,2-7,11H2,1H3. The van der Waals surface area contributed by atoms with Crippen molar-refractivity contribution < 1.29 is 5.11 Å². The minimum absolute atomic E-state index is 0.274. The van der Waals surface area contributed by atoms with Crippen molar-refractivity contribution in [2.75, 3.05) is 0 Å². The number of unbranched alkanes of at least 4 members (excludes halogenated alkanes) is 5. The monoisotopic (exact) mass is 276 g/mol. The number of aliphatic hydroxyl groups is 1. The summed E-state index contributed by atoms with van der Waals surface area (Å²) in [6.07, 6.45) is 8.31. The van der Waals surface area contributed by atoms with E-state index in [1.165, 1.54) is 42.2 Å². The third kappa shape index (κ3) is 4.32. The summed E-state index contributed by atoms with van der Waals surface area (Å²) in [5, 5.41) is 11.5. The molecule has 19 heavy (non-hydrogen) atoms. The number of hydrogen-bond acceptors (Lipinski definition) is 2. The van der Waals surface area contributed by atoms with E-state index in [-0.39, 0.29) is 6.10 Å². The van der Waals surface area contributed by atoms with E-state index in [2.05, 4.69) is 37.3 Å². The molecule has 2 aromatic rings. The number of aliphatic hydroxyl groups excluding tert-OH is 1. The van der Waals surface area contributed by atoms with Gasteiger partial charge in [0.1, 0.15) is 0 Å². The summed E-state index contributed by atoms with van der Waals surface area (Å²) >= 11 is 1.73. The van der Waals surface area contributed by atoms with Crippen LogP contribution < -0.4 is 0 Å². The van der Waals surface area contributed by atoms with Crippen molar-refractivity contribution in [2.45, 2.75) is 58.0 Å². The molecule has 1 aromatic heterocycles. The quantitative estimate of drug-likeness (QED) is 0.614. The number of benzene rings is 1. The van der Waals surface area contributed by atoms with Gasteiger partial charge in [-0.25, -0.2) is 0 Å². The predicted octanol–water partition coefficient (Wildman–Crippen LogP) is 5.69. The zero-order valence-corrected chi connectivity index (χ0v) is 12.6. The molecule has 2 rings (SSSR count). The van der Waals surface area contributed by atoms with E-state index in [1.54, 1.807) is 11.3 Å². The number of rotatable bonds is 8. The van der Waals surface area contributed by atoms with Crippen LogP contribution in [0.25, 0.3) is 10.1 Å². The van der Waals surface area contributed by atoms with E-state index >= 15 is 0 Å². The van der Waals surface area contributed by atoms with Crippen molar-refractivity contribution in [3.8, 4) is 0 Å². The van der Waals surface area contributed by atoms with E-state index in [1.807, 2.05) is 0 Å². The van der Waals surface area contributed by atoms with Crippen LogP contribution in [0.15, 0.2) is 30.3 Å². The van der Waals surface area contributed by atoms with Crippen LogP contribution in [-0.2, 0) is 0 Å². The predicted molar refractivity (Wildman–Crippen MR) is 84.8 cm³/mol. The highest BCUT2D eigenvalue weighted by Crippen LogP contribution is 2.32. The second-order valence-electron chi connectivity index (χ2n) is 5.26. The molecule has 2 heteroatoms. The minimum atomic E-state index is -0.274. The van der Waals surface area contributed by atoms with Gasteiger partial charge in [0.15, 0.2) is 0 Å². The summed E-state index contributed by atoms with van der Waals surface area (Å²) in [5.41, 5.74) is 0. The Balaban J connectivity index is 1.78. The highest BCUT2D eigenvalue weighted by Gasteiger charge is 2.10. The first-order chi connectivity index (χ1) is 9.31. The summed E-state index contributed by atoms with van der Waals surface area (Å²) in [6.45, 7) is 2.24. The number of thiophene rings is 1. The van der Waals surface area contributed by atoms with Gasteiger partial charge in [0.05, 0.1) is 6.10 Å². The van der Waals surface area contributed by atoms with Crippen LogP contribution in [0, 0.1) is 0 Å². The Hall–Kier alpha value is -0.860. The maximum atomic E-state index is 10.2. The topological polar surface area (TPSA) is 20.2 Å². The third-order valence-corrected chi connectivity index (χ3v) is 4.82. The molecule has 1 heterocycles. The van der Waals surface area contributed by atoms with Crippen LogP contribution in [0.4, 0.5) is 0 Å². The molecule has 0 saturated carbocycles. The molecule has 1 aromatic carbocycles. The van der Waals surface area contributed by atoms with Crippen LogP contribution in [0.2, 0.25) is 0 Å². The molecule has 0 aliphatic rings. The van der Waals surface area contributed by atoms with Crippen molar-refractivity contribution in [3.63, 3.8) is 0 Å². The fourth-order valence-corrected chi connectivity index (χ4v) is 3.51. The third-order valence-electron chi connectivity index (χ3n) is 3.60. The molecule has 1 unspecified atom stereocenters. The fraction of sp³-hybridized carbons (Fsp3) is 0.529. The van der Waals surface area contributed by atoms with Gasteiger partial charge in [-0.1, -0.05) is 63.6 Å². The van der Waals surface area contributed by atoms with Gasteiger partial charge in [0.25, 0.3) is 0 Å². The van der Waals surface area contributed by atoms with E-state index in [4.69, 9.17) is 0 Å². The average Bonchev–Trinajstić information content (AvgIpc) is 2.86. The Bertz CT molecular complexity index is 456. The largest absolute Gasteiger partial charge is 0.388 e. The summed E-state index contributed by atoms with van der Waals surface area (Å²) in [7, 11) is 0. The molecule has 0 fully saturated rings. The SMILES string of the molecule is CCCCCCCCC(O)c1cc2ccccc2s1. The lowest BCUT2D eigenvalue weighted by Crippen LogP contribution is -1.94. The van der Waals surface area contributed by atoms with E-state index < -0.39 is 0 Å². The highest BCUT2D eigenvalue weighted by atomic mass is 32.1. The molecule has 0 aliphatic heterocycles. The second-order valence-corrected chi connectivity index (χ2v) is 6.37. The van der Waals surface area contributed by atoms with Crippen LogP contribution in [-0.4, -0.2) is 5.11 Å². The zero-order valence-electron chi connectivity index (χ0n) is 11.8. The van der Waals surface area contributed by atoms with E-state index in [0.717, 1.165) is 17.7 Å². The second kappa shape index (κ2) is 7.66. The summed E-state index contributed by atoms with van der Waals surface area (Å²) < 4.78 is 1.28. The van der Waals surface area contributed by atoms with Gasteiger partial charge >= 0.3 is 0 Å². The zero-order chi connectivity index (χ0) is 13.5. The molecule has 0 aliphatic carbocycles. The summed E-state index contributed by atoms with van der Waals surface area (Å²) in [4.78, 5) is 1.12. The molecule has 0 amide bonds. The molecule has 0 saturated heterocycles. The molecule has 0 bridgehead atoms. The molecular weight excluding hydrogens is 252 g/mol. The molecule has 1 nitrogen and oxygen atoms in total. The normalized spacial score (nSPS) is 12.9. The van der Waals surface area contributed by atoms with Gasteiger partial charge in [-0.05, 0) is 23.9 Å². The molecule has 1 N–H and O–H groups in total. The van der Waals surface area contributed by atoms with Gasteiger partial charge in [0, 0.05) is 9.58 Å². The first kappa shape index (κ1) is 14.5. The molecular formula is C17H24OS. The smallest absolute Gasteiger partial charge is 0.0882 e. The van der Waals surface area contributed by atoms with E-state index in [9.17, 15) is 5.11 Å². The first-order valence-corrected chi connectivity index (χ1v) is 8.29. The van der Waals surface area contributed by atoms with Crippen molar-refractivity contribution in [1.29, 1.82) is 0 Å². The van der Waals surface area contributed by atoms with Crippen molar-refractivity contribution in [1.82, 2.24) is 0 Å². The van der Waals surface area contributed by atoms with Crippen molar-refractivity contribution in [2.24, 2.45) is 0 Å². The van der Waals surface area contributed by atoms with Crippen molar-refractivity contribution in [3.05, 3.63) is 35.2 Å². The maximum Gasteiger partial charge on any atom is 0.0882 e. The number of hydrogen-bond donors (Lipinski definition) is 1. The first-order valence-electron chi connectivity index (χ1n) is 7.48. The lowest BCUT2D eigenvalue weighted by Gasteiger charge is -2.07. The van der Waals surface area contributed by atoms with Gasteiger partial charge in [-0.3, -0.25) is 0 Å². The van der Waals surface area contributed by atoms with Crippen LogP contribution in [0.5, 0.6) is 0 Å². The Morgan fingerprint density at radius 2 is 1.79 bits per heavy atom. The van der Waals surface area contributed by atoms with Crippen LogP contribution in [0.1, 0.15) is 62.9 Å². The van der Waals surface area contributed by atoms with Gasteiger partial charge in [-0.15, -0.1) is 11.3 Å². The molecule has 0 spiro atoms. The molecule has 0 radical (unpaired) electrons. The molecule has 104 valence electrons. The minimum Gasteiger partial charge on any atom is -0.388 e. The Kier molecular flexibility index (Phi) is 5.87. The Labute approximate surface area is 120 Å². The molecule has 1 atom stereocenters. The van der Waals surface area contributed by atoms with Crippen molar-refractivity contribution >= 4 is 21.4 Å². The lowest BCUT2D eigenvalue weighted by atomic mass is 10.1. The fourth-order valence-electron chi connectivity index (χ4n) is 2.43.